The second-order valence-corrected chi connectivity index (χ2v) is 2.95. The van der Waals surface area contributed by atoms with Gasteiger partial charge in [-0.15, -0.1) is 5.10 Å². The van der Waals surface area contributed by atoms with Crippen molar-refractivity contribution in [1.29, 1.82) is 0 Å². The summed E-state index contributed by atoms with van der Waals surface area (Å²) in [4.78, 5) is 0. The van der Waals surface area contributed by atoms with Crippen molar-refractivity contribution in [2.24, 2.45) is 5.84 Å². The predicted molar refractivity (Wildman–Crippen MR) is 53.2 cm³/mol. The zero-order valence-electron chi connectivity index (χ0n) is 8.17. The van der Waals surface area contributed by atoms with Gasteiger partial charge < -0.3 is 5.43 Å². The third-order valence-corrected chi connectivity index (χ3v) is 1.98. The molecule has 3 N–H and O–H groups in total. The molecule has 0 spiro atoms. The second-order valence-electron chi connectivity index (χ2n) is 2.95. The van der Waals surface area contributed by atoms with Crippen LogP contribution in [0.3, 0.4) is 0 Å². The van der Waals surface area contributed by atoms with Gasteiger partial charge >= 0.3 is 0 Å². The van der Waals surface area contributed by atoms with E-state index in [2.05, 4.69) is 29.5 Å². The van der Waals surface area contributed by atoms with E-state index >= 15 is 0 Å². The monoisotopic (exact) mass is 180 g/mol. The molecule has 0 radical (unpaired) electrons. The van der Waals surface area contributed by atoms with Crippen LogP contribution in [0.15, 0.2) is 6.07 Å². The summed E-state index contributed by atoms with van der Waals surface area (Å²) in [6.07, 6.45) is 3.05. The van der Waals surface area contributed by atoms with Crippen LogP contribution in [0.4, 0.5) is 5.82 Å². The summed E-state index contributed by atoms with van der Waals surface area (Å²) in [5.41, 5.74) is 4.81. The van der Waals surface area contributed by atoms with Gasteiger partial charge in [0.2, 0.25) is 0 Å². The number of nitrogens with zero attached hydrogens (tertiary/aromatic N) is 2. The molecule has 4 heteroatoms. The number of hydrogen-bond donors (Lipinski definition) is 2. The summed E-state index contributed by atoms with van der Waals surface area (Å²) in [5.74, 6) is 5.88. The lowest BCUT2D eigenvalue weighted by atomic mass is 10.1. The molecule has 1 aromatic heterocycles. The van der Waals surface area contributed by atoms with Crippen LogP contribution in [0.5, 0.6) is 0 Å². The Morgan fingerprint density at radius 3 is 2.69 bits per heavy atom. The molecule has 0 amide bonds. The first kappa shape index (κ1) is 9.92. The van der Waals surface area contributed by atoms with E-state index in [4.69, 9.17) is 5.84 Å². The fourth-order valence-electron chi connectivity index (χ4n) is 1.28. The number of nitrogens with one attached hydrogen (secondary N) is 1. The Morgan fingerprint density at radius 1 is 1.38 bits per heavy atom. The molecule has 0 unspecified atom stereocenters. The molecule has 0 aliphatic heterocycles. The number of aryl methyl sites for hydroxylation is 2. The predicted octanol–water partition coefficient (Wildman–Crippen LogP) is 1.28. The van der Waals surface area contributed by atoms with Gasteiger partial charge in [0.1, 0.15) is 0 Å². The number of rotatable bonds is 4. The molecule has 0 bridgehead atoms. The van der Waals surface area contributed by atoms with Crippen molar-refractivity contribution in [2.45, 2.75) is 33.1 Å². The zero-order chi connectivity index (χ0) is 9.68. The van der Waals surface area contributed by atoms with Crippen LogP contribution in [0.2, 0.25) is 0 Å². The molecule has 0 aromatic carbocycles. The SMILES string of the molecule is CCCc1nnc(NN)cc1CC. The highest BCUT2D eigenvalue weighted by atomic mass is 15.3. The Morgan fingerprint density at radius 2 is 2.15 bits per heavy atom. The first-order valence-corrected chi connectivity index (χ1v) is 4.63. The van der Waals surface area contributed by atoms with Gasteiger partial charge in [0.25, 0.3) is 0 Å². The van der Waals surface area contributed by atoms with E-state index in [0.717, 1.165) is 25.0 Å². The summed E-state index contributed by atoms with van der Waals surface area (Å²) in [5, 5.41) is 8.06. The standard InChI is InChI=1S/C9H16N4/c1-3-5-8-7(4-2)6-9(11-10)13-12-8/h6H,3-5,10H2,1-2H3,(H,11,13). The van der Waals surface area contributed by atoms with Gasteiger partial charge in [-0.3, -0.25) is 0 Å². The number of aromatic nitrogens is 2. The lowest BCUT2D eigenvalue weighted by molar-refractivity contribution is 0.814. The van der Waals surface area contributed by atoms with E-state index in [1.807, 2.05) is 6.07 Å². The molecule has 1 aromatic rings. The maximum atomic E-state index is 5.24. The lowest BCUT2D eigenvalue weighted by Crippen LogP contribution is -2.11. The molecule has 0 saturated carbocycles. The fraction of sp³-hybridized carbons (Fsp3) is 0.556. The van der Waals surface area contributed by atoms with E-state index in [-0.39, 0.29) is 0 Å². The van der Waals surface area contributed by atoms with Crippen molar-refractivity contribution in [2.75, 3.05) is 5.43 Å². The molecule has 1 rings (SSSR count). The molecule has 0 aliphatic carbocycles. The Balaban J connectivity index is 2.93. The molecule has 0 fully saturated rings. The number of nitrogens with two attached hydrogens (primary N) is 1. The first-order chi connectivity index (χ1) is 6.31. The third-order valence-electron chi connectivity index (χ3n) is 1.98. The second kappa shape index (κ2) is 4.77. The van der Waals surface area contributed by atoms with E-state index in [1.54, 1.807) is 0 Å². The summed E-state index contributed by atoms with van der Waals surface area (Å²) in [6, 6.07) is 1.96. The van der Waals surface area contributed by atoms with Crippen molar-refractivity contribution < 1.29 is 0 Å². The molecule has 72 valence electrons. The number of hydrogen-bond acceptors (Lipinski definition) is 4. The first-order valence-electron chi connectivity index (χ1n) is 4.63. The highest BCUT2D eigenvalue weighted by Gasteiger charge is 2.03. The maximum absolute atomic E-state index is 5.24. The fourth-order valence-corrected chi connectivity index (χ4v) is 1.28. The Hall–Kier alpha value is -1.16. The van der Waals surface area contributed by atoms with Gasteiger partial charge in [0.05, 0.1) is 5.69 Å². The molecule has 1 heterocycles. The molecule has 4 nitrogen and oxygen atoms in total. The van der Waals surface area contributed by atoms with Crippen LogP contribution < -0.4 is 11.3 Å². The van der Waals surface area contributed by atoms with Crippen molar-refractivity contribution in [3.05, 3.63) is 17.3 Å². The normalized spacial score (nSPS) is 10.1. The van der Waals surface area contributed by atoms with Crippen molar-refractivity contribution in [3.8, 4) is 0 Å². The third kappa shape index (κ3) is 2.39. The smallest absolute Gasteiger partial charge is 0.162 e. The minimum atomic E-state index is 0.636. The molecular weight excluding hydrogens is 164 g/mol. The van der Waals surface area contributed by atoms with Crippen LogP contribution in [-0.4, -0.2) is 10.2 Å². The van der Waals surface area contributed by atoms with Crippen molar-refractivity contribution >= 4 is 5.82 Å². The summed E-state index contributed by atoms with van der Waals surface area (Å²) >= 11 is 0. The van der Waals surface area contributed by atoms with Crippen LogP contribution in [0.25, 0.3) is 0 Å². The minimum Gasteiger partial charge on any atom is -0.307 e. The van der Waals surface area contributed by atoms with Gasteiger partial charge in [-0.2, -0.15) is 5.10 Å². The summed E-state index contributed by atoms with van der Waals surface area (Å²) in [6.45, 7) is 4.24. The van der Waals surface area contributed by atoms with Gasteiger partial charge in [-0.05, 0) is 24.5 Å². The number of hydrazine groups is 1. The van der Waals surface area contributed by atoms with Crippen molar-refractivity contribution in [1.82, 2.24) is 10.2 Å². The molecule has 0 saturated heterocycles. The minimum absolute atomic E-state index is 0.636. The van der Waals surface area contributed by atoms with E-state index in [0.29, 0.717) is 5.82 Å². The summed E-state index contributed by atoms with van der Waals surface area (Å²) in [7, 11) is 0. The maximum Gasteiger partial charge on any atom is 0.162 e. The topological polar surface area (TPSA) is 63.8 Å². The number of anilines is 1. The molecule has 0 aliphatic rings. The van der Waals surface area contributed by atoms with Crippen LogP contribution in [0.1, 0.15) is 31.5 Å². The van der Waals surface area contributed by atoms with Crippen LogP contribution >= 0.6 is 0 Å². The van der Waals surface area contributed by atoms with Gasteiger partial charge in [0, 0.05) is 0 Å². The van der Waals surface area contributed by atoms with Crippen LogP contribution in [0, 0.1) is 0 Å². The van der Waals surface area contributed by atoms with Gasteiger partial charge in [-0.25, -0.2) is 5.84 Å². The van der Waals surface area contributed by atoms with E-state index in [1.165, 1.54) is 5.56 Å². The molecular formula is C9H16N4. The average molecular weight is 180 g/mol. The number of nitrogen functional groups attached to an aromatic ring is 1. The lowest BCUT2D eigenvalue weighted by Gasteiger charge is -2.06. The molecule has 13 heavy (non-hydrogen) atoms. The highest BCUT2D eigenvalue weighted by molar-refractivity contribution is 5.36. The quantitative estimate of drug-likeness (QED) is 0.541. The van der Waals surface area contributed by atoms with Crippen LogP contribution in [-0.2, 0) is 12.8 Å². The largest absolute Gasteiger partial charge is 0.307 e. The average Bonchev–Trinajstić information content (AvgIpc) is 2.19. The summed E-state index contributed by atoms with van der Waals surface area (Å²) < 4.78 is 0. The Labute approximate surface area is 78.5 Å². The van der Waals surface area contributed by atoms with Crippen molar-refractivity contribution in [3.63, 3.8) is 0 Å². The highest BCUT2D eigenvalue weighted by Crippen LogP contribution is 2.11. The molecule has 0 atom stereocenters. The Bertz CT molecular complexity index is 272. The van der Waals surface area contributed by atoms with E-state index in [9.17, 15) is 0 Å². The van der Waals surface area contributed by atoms with Gasteiger partial charge in [-0.1, -0.05) is 20.3 Å². The Kier molecular flexibility index (Phi) is 3.64. The van der Waals surface area contributed by atoms with E-state index < -0.39 is 0 Å². The zero-order valence-corrected chi connectivity index (χ0v) is 8.17. The van der Waals surface area contributed by atoms with Gasteiger partial charge in [0.15, 0.2) is 5.82 Å².